The Bertz CT molecular complexity index is 3220. The van der Waals surface area contributed by atoms with Gasteiger partial charge in [-0.2, -0.15) is 132 Å². The molecule has 0 saturated carbocycles. The average molecular weight is 1380 g/mol. The molecule has 0 N–H and O–H groups in total. The van der Waals surface area contributed by atoms with Crippen LogP contribution in [0.4, 0.5) is 105 Å². The van der Waals surface area contributed by atoms with Crippen LogP contribution in [0.1, 0.15) is 170 Å². The number of ether oxygens (including phenoxy) is 1. The Hall–Kier alpha value is -7.42. The second kappa shape index (κ2) is 31.2. The highest BCUT2D eigenvalue weighted by molar-refractivity contribution is 7.20. The standard InChI is InChI=1S/C35H50NO2.C32H12BF24/c1-2-3-4-5-6-7-8-9-10-11-12-13-14-15-16-22-29-38-35(37)34-33-26-21-20-25-32(33)27-28-36(34)30-31-23-18-17-19-24-31;34-25(35,36)13-1-14(26(37,38)39)6-21(5-13)33(22-7-15(27(40,41)42)2-16(8-22)28(43,44)45,23-9-17(29(46,47)48)3-18(10-23)30(49,50)51)24-11-19(31(52,53)54)4-20(12-24)32(55,56)57/h17-21,23-28H,2-16,22,29-30H2,1H3;1-12H/q+1;-1. The number of pyridine rings is 1. The quantitative estimate of drug-likeness (QED) is 0.0198. The van der Waals surface area contributed by atoms with Crippen LogP contribution in [-0.4, -0.2) is 18.7 Å². The first kappa shape index (κ1) is 76.6. The summed E-state index contributed by atoms with van der Waals surface area (Å²) in [6.45, 7) is 3.42. The Kier molecular flexibility index (Phi) is 25.2. The molecule has 0 spiro atoms. The van der Waals surface area contributed by atoms with Crippen molar-refractivity contribution in [2.24, 2.45) is 0 Å². The lowest BCUT2D eigenvalue weighted by Crippen LogP contribution is -2.75. The van der Waals surface area contributed by atoms with Crippen molar-refractivity contribution in [3.63, 3.8) is 0 Å². The maximum atomic E-state index is 14.2. The van der Waals surface area contributed by atoms with Gasteiger partial charge in [-0.05, 0) is 42.1 Å². The molecule has 95 heavy (non-hydrogen) atoms. The van der Waals surface area contributed by atoms with Crippen molar-refractivity contribution < 1.29 is 119 Å². The molecule has 0 amide bonds. The lowest BCUT2D eigenvalue weighted by molar-refractivity contribution is -0.689. The lowest BCUT2D eigenvalue weighted by Gasteiger charge is -2.46. The van der Waals surface area contributed by atoms with Gasteiger partial charge in [-0.25, -0.2) is 4.79 Å². The summed E-state index contributed by atoms with van der Waals surface area (Å²) in [5.74, 6) is -0.223. The number of aromatic nitrogens is 1. The fraction of sp³-hybridized carbons (Fsp3) is 0.403. The Morgan fingerprint density at radius 3 is 0.916 bits per heavy atom. The molecule has 0 bridgehead atoms. The van der Waals surface area contributed by atoms with Gasteiger partial charge in [0.05, 0.1) is 56.5 Å². The van der Waals surface area contributed by atoms with Crippen LogP contribution in [-0.2, 0) is 60.7 Å². The van der Waals surface area contributed by atoms with Gasteiger partial charge in [-0.3, -0.25) is 0 Å². The van der Waals surface area contributed by atoms with Gasteiger partial charge in [-0.1, -0.05) is 200 Å². The van der Waals surface area contributed by atoms with Crippen LogP contribution < -0.4 is 26.4 Å². The van der Waals surface area contributed by atoms with E-state index in [2.05, 4.69) is 31.2 Å². The number of fused-ring (bicyclic) bond motifs is 1. The first-order valence-corrected chi connectivity index (χ1v) is 30.0. The number of halogens is 24. The predicted octanol–water partition coefficient (Wildman–Crippen LogP) is 20.8. The van der Waals surface area contributed by atoms with Gasteiger partial charge in [-0.15, -0.1) is 0 Å². The van der Waals surface area contributed by atoms with E-state index in [0.29, 0.717) is 18.8 Å². The summed E-state index contributed by atoms with van der Waals surface area (Å²) in [6, 6.07) is 11.6. The molecule has 3 nitrogen and oxygen atoms in total. The molecule has 0 radical (unpaired) electrons. The first-order valence-electron chi connectivity index (χ1n) is 30.0. The Morgan fingerprint density at radius 1 is 0.347 bits per heavy atom. The SMILES string of the molecule is CCCCCCCCCCCCCCCCCCOC(=O)c1c2ccccc2cc[n+]1Cc1ccccc1.FC(F)(F)c1cc([B-](c2cc(C(F)(F)F)cc(C(F)(F)F)c2)(c2cc(C(F)(F)F)cc(C(F)(F)F)c2)c2cc(C(F)(F)F)cc(C(F)(F)F)c2)cc(C(F)(F)F)c1. The largest absolute Gasteiger partial charge is 0.458 e. The Labute approximate surface area is 530 Å². The van der Waals surface area contributed by atoms with Crippen LogP contribution in [0.5, 0.6) is 0 Å². The molecule has 6 aromatic carbocycles. The maximum absolute atomic E-state index is 14.2. The normalized spacial score (nSPS) is 13.1. The van der Waals surface area contributed by atoms with Crippen LogP contribution in [0.3, 0.4) is 0 Å². The van der Waals surface area contributed by atoms with E-state index in [1.807, 2.05) is 47.2 Å². The number of carbonyl (C=O) groups is 1. The van der Waals surface area contributed by atoms with E-state index in [1.165, 1.54) is 95.5 Å². The number of alkyl halides is 24. The zero-order chi connectivity index (χ0) is 70.6. The molecule has 7 rings (SSSR count). The van der Waals surface area contributed by atoms with Crippen molar-refractivity contribution in [3.8, 4) is 0 Å². The summed E-state index contributed by atoms with van der Waals surface area (Å²) >= 11 is 0. The molecular formula is C67H62BF24NO2. The summed E-state index contributed by atoms with van der Waals surface area (Å²) in [7, 11) is 0. The summed E-state index contributed by atoms with van der Waals surface area (Å²) in [6.07, 6.45) is -31.4. The predicted molar refractivity (Wildman–Crippen MR) is 310 cm³/mol. The van der Waals surface area contributed by atoms with Crippen molar-refractivity contribution in [2.45, 2.75) is 166 Å². The zero-order valence-corrected chi connectivity index (χ0v) is 50.4. The summed E-state index contributed by atoms with van der Waals surface area (Å²) in [5, 5.41) is 2.01. The van der Waals surface area contributed by atoms with E-state index < -0.39 is 195 Å². The number of benzene rings is 6. The summed E-state index contributed by atoms with van der Waals surface area (Å²) < 4.78 is 349. The van der Waals surface area contributed by atoms with Crippen molar-refractivity contribution >= 4 is 44.7 Å². The van der Waals surface area contributed by atoms with E-state index in [4.69, 9.17) is 4.74 Å². The number of esters is 1. The lowest BCUT2D eigenvalue weighted by atomic mass is 9.12. The molecule has 0 saturated heterocycles. The van der Waals surface area contributed by atoms with Gasteiger partial charge in [0.25, 0.3) is 5.69 Å². The number of hydrogen-bond donors (Lipinski definition) is 0. The number of rotatable bonds is 24. The van der Waals surface area contributed by atoms with E-state index in [0.717, 1.165) is 23.6 Å². The Morgan fingerprint density at radius 2 is 0.621 bits per heavy atom. The molecule has 0 aliphatic rings. The minimum Gasteiger partial charge on any atom is -0.458 e. The number of unbranched alkanes of at least 4 members (excludes halogenated alkanes) is 15. The summed E-state index contributed by atoms with van der Waals surface area (Å²) in [4.78, 5) is 13.2. The number of carbonyl (C=O) groups excluding carboxylic acids is 1. The van der Waals surface area contributed by atoms with Gasteiger partial charge in [0.2, 0.25) is 0 Å². The summed E-state index contributed by atoms with van der Waals surface area (Å²) in [5.41, 5.74) is -28.4. The zero-order valence-electron chi connectivity index (χ0n) is 50.4. The van der Waals surface area contributed by atoms with Crippen molar-refractivity contribution in [1.82, 2.24) is 0 Å². The molecule has 1 aromatic heterocycles. The third-order valence-corrected chi connectivity index (χ3v) is 16.0. The van der Waals surface area contributed by atoms with Crippen molar-refractivity contribution in [2.75, 3.05) is 6.61 Å². The minimum atomic E-state index is -6.13. The van der Waals surface area contributed by atoms with Crippen LogP contribution in [0, 0.1) is 0 Å². The minimum absolute atomic E-state index is 0.223. The van der Waals surface area contributed by atoms with E-state index in [9.17, 15) is 110 Å². The van der Waals surface area contributed by atoms with Gasteiger partial charge in [0, 0.05) is 11.6 Å². The second-order valence-electron chi connectivity index (χ2n) is 23.0. The third kappa shape index (κ3) is 21.0. The first-order chi connectivity index (χ1) is 44.1. The number of hydrogen-bond acceptors (Lipinski definition) is 2. The molecule has 0 unspecified atom stereocenters. The van der Waals surface area contributed by atoms with Crippen LogP contribution >= 0.6 is 0 Å². The molecular weight excluding hydrogens is 1320 g/mol. The molecule has 7 aromatic rings. The van der Waals surface area contributed by atoms with Gasteiger partial charge in [0.15, 0.2) is 12.7 Å². The average Bonchev–Trinajstić information content (AvgIpc) is 0.709. The Balaban J connectivity index is 0.000000326. The van der Waals surface area contributed by atoms with Gasteiger partial charge >= 0.3 is 55.4 Å². The van der Waals surface area contributed by atoms with E-state index in [-0.39, 0.29) is 5.97 Å². The highest BCUT2D eigenvalue weighted by Gasteiger charge is 2.47. The van der Waals surface area contributed by atoms with Gasteiger partial charge in [0.1, 0.15) is 6.15 Å². The number of nitrogens with zero attached hydrogens (tertiary/aromatic N) is 1. The van der Waals surface area contributed by atoms with Crippen molar-refractivity contribution in [1.29, 1.82) is 0 Å². The molecule has 0 atom stereocenters. The van der Waals surface area contributed by atoms with E-state index >= 15 is 0 Å². The third-order valence-electron chi connectivity index (χ3n) is 16.0. The second-order valence-corrected chi connectivity index (χ2v) is 23.0. The van der Waals surface area contributed by atoms with Crippen LogP contribution in [0.2, 0.25) is 0 Å². The molecule has 0 aliphatic carbocycles. The monoisotopic (exact) mass is 1380 g/mol. The molecule has 28 heteroatoms. The molecule has 0 fully saturated rings. The molecule has 0 aliphatic heterocycles. The maximum Gasteiger partial charge on any atom is 0.416 e. The van der Waals surface area contributed by atoms with Gasteiger partial charge < -0.3 is 4.74 Å². The van der Waals surface area contributed by atoms with Crippen LogP contribution in [0.15, 0.2) is 140 Å². The fourth-order valence-corrected chi connectivity index (χ4v) is 11.4. The highest BCUT2D eigenvalue weighted by Crippen LogP contribution is 2.42. The topological polar surface area (TPSA) is 30.2 Å². The van der Waals surface area contributed by atoms with E-state index in [1.54, 1.807) is 0 Å². The van der Waals surface area contributed by atoms with Crippen LogP contribution in [0.25, 0.3) is 10.8 Å². The fourth-order valence-electron chi connectivity index (χ4n) is 11.4. The molecule has 1 heterocycles. The highest BCUT2D eigenvalue weighted by atomic mass is 19.4. The van der Waals surface area contributed by atoms with Crippen molar-refractivity contribution in [3.05, 3.63) is 195 Å². The smallest absolute Gasteiger partial charge is 0.416 e. The molecule has 518 valence electrons.